The molecule has 1 aromatic carbocycles. The van der Waals surface area contributed by atoms with Crippen LogP contribution in [-0.4, -0.2) is 79.1 Å². The maximum absolute atomic E-state index is 12.9. The first-order valence-electron chi connectivity index (χ1n) is 12.4. The number of carbonyl (C=O) groups excluding carboxylic acids is 2. The number of carbonyl (C=O) groups is 2. The Morgan fingerprint density at radius 3 is 2.30 bits per heavy atom. The predicted molar refractivity (Wildman–Crippen MR) is 147 cm³/mol. The van der Waals surface area contributed by atoms with Crippen LogP contribution in [-0.2, 0) is 11.3 Å². The number of hydrogen-bond acceptors (Lipinski definition) is 8. The van der Waals surface area contributed by atoms with Gasteiger partial charge in [-0.3, -0.25) is 9.78 Å². The second-order valence-electron chi connectivity index (χ2n) is 9.25. The number of pyridine rings is 1. The number of rotatable bonds is 14. The van der Waals surface area contributed by atoms with Crippen LogP contribution in [0.15, 0.2) is 36.5 Å². The summed E-state index contributed by atoms with van der Waals surface area (Å²) in [6, 6.07) is 8.38. The number of esters is 1. The zero-order valence-electron chi connectivity index (χ0n) is 22.9. The molecule has 2 aromatic rings. The molecule has 0 aliphatic rings. The van der Waals surface area contributed by atoms with Crippen molar-refractivity contribution in [1.29, 1.82) is 0 Å². The molecule has 0 fully saturated rings. The molecule has 2 rings (SSSR count). The van der Waals surface area contributed by atoms with E-state index in [1.807, 2.05) is 58.5 Å². The van der Waals surface area contributed by atoms with Crippen molar-refractivity contribution in [2.75, 3.05) is 40.3 Å². The molecular formula is C27H41ClN4O5. The van der Waals surface area contributed by atoms with Gasteiger partial charge >= 0.3 is 5.97 Å². The summed E-state index contributed by atoms with van der Waals surface area (Å²) in [6.45, 7) is 12.3. The van der Waals surface area contributed by atoms with Crippen LogP contribution in [0.4, 0.5) is 0 Å². The Labute approximate surface area is 226 Å². The van der Waals surface area contributed by atoms with Crippen molar-refractivity contribution in [1.82, 2.24) is 20.1 Å². The lowest BCUT2D eigenvalue weighted by molar-refractivity contribution is -0.130. The van der Waals surface area contributed by atoms with Gasteiger partial charge in [0.05, 0.1) is 30.0 Å². The molecule has 1 amide bonds. The molecule has 1 aromatic heterocycles. The first-order valence-corrected chi connectivity index (χ1v) is 12.4. The number of hydrogen-bond donors (Lipinski definition) is 1. The second kappa shape index (κ2) is 16.1. The van der Waals surface area contributed by atoms with Gasteiger partial charge in [0.1, 0.15) is 5.75 Å². The Bertz CT molecular complexity index is 1000. The number of nitrogens with one attached hydrogen (secondary N) is 1. The van der Waals surface area contributed by atoms with Gasteiger partial charge in [0, 0.05) is 38.4 Å². The highest BCUT2D eigenvalue weighted by atomic mass is 35.5. The van der Waals surface area contributed by atoms with E-state index in [9.17, 15) is 9.59 Å². The van der Waals surface area contributed by atoms with Gasteiger partial charge in [-0.15, -0.1) is 12.4 Å². The quantitative estimate of drug-likeness (QED) is 0.288. The lowest BCUT2D eigenvalue weighted by atomic mass is 10.2. The molecule has 0 saturated heterocycles. The fraction of sp³-hybridized carbons (Fsp3) is 0.519. The average molecular weight is 537 g/mol. The van der Waals surface area contributed by atoms with Crippen LogP contribution in [0.25, 0.3) is 0 Å². The summed E-state index contributed by atoms with van der Waals surface area (Å²) >= 11 is 0. The monoisotopic (exact) mass is 536 g/mol. The maximum Gasteiger partial charge on any atom is 0.343 e. The van der Waals surface area contributed by atoms with Gasteiger partial charge < -0.3 is 29.3 Å². The number of amides is 1. The summed E-state index contributed by atoms with van der Waals surface area (Å²) in [6.07, 6.45) is 1.45. The first kappa shape index (κ1) is 32.1. The Kier molecular flexibility index (Phi) is 14.0. The molecule has 0 saturated carbocycles. The molecule has 1 heterocycles. The summed E-state index contributed by atoms with van der Waals surface area (Å²) < 4.78 is 17.2. The van der Waals surface area contributed by atoms with E-state index in [0.717, 1.165) is 6.54 Å². The van der Waals surface area contributed by atoms with E-state index in [1.54, 1.807) is 36.5 Å². The Morgan fingerprint density at radius 2 is 1.68 bits per heavy atom. The molecule has 0 aliphatic heterocycles. The Balaban J connectivity index is 0.00000684. The van der Waals surface area contributed by atoms with Gasteiger partial charge in [0.15, 0.2) is 11.5 Å². The molecular weight excluding hydrogens is 496 g/mol. The van der Waals surface area contributed by atoms with Crippen molar-refractivity contribution < 1.29 is 23.8 Å². The van der Waals surface area contributed by atoms with E-state index < -0.39 is 5.97 Å². The Morgan fingerprint density at radius 1 is 0.973 bits per heavy atom. The molecule has 0 atom stereocenters. The fourth-order valence-electron chi connectivity index (χ4n) is 3.31. The number of aromatic nitrogens is 1. The van der Waals surface area contributed by atoms with Gasteiger partial charge in [-0.1, -0.05) is 0 Å². The molecule has 37 heavy (non-hydrogen) atoms. The predicted octanol–water partition coefficient (Wildman–Crippen LogP) is 3.80. The molecule has 0 spiro atoms. The number of ether oxygens (including phenoxy) is 3. The van der Waals surface area contributed by atoms with Gasteiger partial charge in [0.2, 0.25) is 5.91 Å². The van der Waals surface area contributed by atoms with Crippen molar-refractivity contribution >= 4 is 24.3 Å². The summed E-state index contributed by atoms with van der Waals surface area (Å²) in [5.74, 6) is 0.875. The normalized spacial score (nSPS) is 10.9. The van der Waals surface area contributed by atoms with Crippen molar-refractivity contribution in [2.45, 2.75) is 53.4 Å². The van der Waals surface area contributed by atoms with Crippen molar-refractivity contribution in [3.63, 3.8) is 0 Å². The van der Waals surface area contributed by atoms with E-state index in [1.165, 1.54) is 0 Å². The van der Waals surface area contributed by atoms with Crippen LogP contribution < -0.4 is 19.5 Å². The lowest BCUT2D eigenvalue weighted by Crippen LogP contribution is -2.41. The van der Waals surface area contributed by atoms with E-state index >= 15 is 0 Å². The molecule has 0 unspecified atom stereocenters. The second-order valence-corrected chi connectivity index (χ2v) is 9.25. The Hall–Kier alpha value is -2.88. The van der Waals surface area contributed by atoms with Crippen molar-refractivity contribution in [3.05, 3.63) is 47.8 Å². The topological polar surface area (TPSA) is 93.2 Å². The summed E-state index contributed by atoms with van der Waals surface area (Å²) in [4.78, 5) is 33.5. The third-order valence-electron chi connectivity index (χ3n) is 5.04. The zero-order valence-corrected chi connectivity index (χ0v) is 23.8. The fourth-order valence-corrected chi connectivity index (χ4v) is 3.31. The van der Waals surface area contributed by atoms with Crippen molar-refractivity contribution in [2.24, 2.45) is 0 Å². The van der Waals surface area contributed by atoms with Gasteiger partial charge in [0.25, 0.3) is 0 Å². The average Bonchev–Trinajstić information content (AvgIpc) is 2.80. The van der Waals surface area contributed by atoms with E-state index in [4.69, 9.17) is 14.2 Å². The van der Waals surface area contributed by atoms with Crippen LogP contribution in [0.5, 0.6) is 17.2 Å². The van der Waals surface area contributed by atoms with E-state index in [2.05, 4.69) is 10.3 Å². The van der Waals surface area contributed by atoms with Crippen LogP contribution in [0.2, 0.25) is 0 Å². The van der Waals surface area contributed by atoms with E-state index in [-0.39, 0.29) is 37.1 Å². The van der Waals surface area contributed by atoms with Gasteiger partial charge in [-0.05, 0) is 73.0 Å². The highest BCUT2D eigenvalue weighted by molar-refractivity contribution is 5.91. The van der Waals surface area contributed by atoms with Gasteiger partial charge in [-0.25, -0.2) is 4.79 Å². The van der Waals surface area contributed by atoms with E-state index in [0.29, 0.717) is 48.1 Å². The minimum Gasteiger partial charge on any atom is -0.491 e. The third kappa shape index (κ3) is 11.4. The smallest absolute Gasteiger partial charge is 0.343 e. The molecule has 0 bridgehead atoms. The number of benzene rings is 1. The van der Waals surface area contributed by atoms with Gasteiger partial charge in [-0.2, -0.15) is 0 Å². The molecule has 206 valence electrons. The molecule has 0 radical (unpaired) electrons. The van der Waals surface area contributed by atoms with Crippen LogP contribution in [0.3, 0.4) is 0 Å². The lowest BCUT2D eigenvalue weighted by Gasteiger charge is -2.23. The largest absolute Gasteiger partial charge is 0.491 e. The molecule has 9 nitrogen and oxygen atoms in total. The van der Waals surface area contributed by atoms with Crippen LogP contribution in [0.1, 0.15) is 50.7 Å². The SMILES string of the molecule is CCN(CCN(C)C)C(=O)CNCc1cc(C(=O)Oc2ccc(OC(C)C)cc2OC(C)C)ccn1.Cl. The number of nitrogens with zero attached hydrogens (tertiary/aromatic N) is 3. The number of likely N-dealkylation sites (N-methyl/N-ethyl adjacent to an activating group) is 2. The minimum absolute atomic E-state index is 0. The first-order chi connectivity index (χ1) is 17.1. The van der Waals surface area contributed by atoms with Crippen molar-refractivity contribution in [3.8, 4) is 17.2 Å². The third-order valence-corrected chi connectivity index (χ3v) is 5.04. The summed E-state index contributed by atoms with van der Waals surface area (Å²) in [5.41, 5.74) is 0.986. The molecule has 10 heteroatoms. The molecule has 1 N–H and O–H groups in total. The van der Waals surface area contributed by atoms with Crippen LogP contribution in [0, 0.1) is 0 Å². The van der Waals surface area contributed by atoms with Crippen LogP contribution >= 0.6 is 12.4 Å². The standard InChI is InChI=1S/C27H40N4O5.ClH/c1-8-31(14-13-30(6)7)26(32)18-28-17-22-15-21(11-12-29-22)27(33)36-24-10-9-23(34-19(2)3)16-25(24)35-20(4)5;/h9-12,15-16,19-20,28H,8,13-14,17-18H2,1-7H3;1H. The maximum atomic E-state index is 12.9. The highest BCUT2D eigenvalue weighted by Crippen LogP contribution is 2.33. The highest BCUT2D eigenvalue weighted by Gasteiger charge is 2.16. The zero-order chi connectivity index (χ0) is 26.7. The summed E-state index contributed by atoms with van der Waals surface area (Å²) in [7, 11) is 3.96. The minimum atomic E-state index is -0.526. The number of halogens is 1. The molecule has 0 aliphatic carbocycles. The summed E-state index contributed by atoms with van der Waals surface area (Å²) in [5, 5.41) is 3.12.